The van der Waals surface area contributed by atoms with Crippen molar-refractivity contribution in [2.75, 3.05) is 12.4 Å². The smallest absolute Gasteiger partial charge is 0.223 e. The molecule has 0 saturated heterocycles. The van der Waals surface area contributed by atoms with Crippen molar-refractivity contribution in [2.45, 2.75) is 66.2 Å². The van der Waals surface area contributed by atoms with Crippen LogP contribution in [-0.4, -0.2) is 18.3 Å². The summed E-state index contributed by atoms with van der Waals surface area (Å²) in [6.45, 7) is 9.28. The first-order chi connectivity index (χ1) is 8.59. The predicted octanol–water partition coefficient (Wildman–Crippen LogP) is 4.36. The van der Waals surface area contributed by atoms with Crippen LogP contribution in [0.4, 0.5) is 0 Å². The first-order valence-corrected chi connectivity index (χ1v) is 7.96. The van der Waals surface area contributed by atoms with Gasteiger partial charge < -0.3 is 5.32 Å². The first kappa shape index (κ1) is 17.8. The molecule has 3 heteroatoms. The molecule has 0 aromatic heterocycles. The third-order valence-corrected chi connectivity index (χ3v) is 4.63. The van der Waals surface area contributed by atoms with Crippen LogP contribution < -0.4 is 5.32 Å². The van der Waals surface area contributed by atoms with E-state index in [-0.39, 0.29) is 17.2 Å². The Morgan fingerprint density at radius 3 is 1.94 bits per heavy atom. The van der Waals surface area contributed by atoms with Crippen molar-refractivity contribution in [1.29, 1.82) is 0 Å². The Bertz CT molecular complexity index is 212. The van der Waals surface area contributed by atoms with E-state index in [4.69, 9.17) is 11.6 Å². The Kier molecular flexibility index (Phi) is 9.53. The van der Waals surface area contributed by atoms with Gasteiger partial charge in [0.05, 0.1) is 0 Å². The van der Waals surface area contributed by atoms with Crippen LogP contribution in [0.15, 0.2) is 0 Å². The second-order valence-electron chi connectivity index (χ2n) is 5.33. The van der Waals surface area contributed by atoms with Gasteiger partial charge in [-0.25, -0.2) is 0 Å². The van der Waals surface area contributed by atoms with Crippen LogP contribution >= 0.6 is 11.6 Å². The van der Waals surface area contributed by atoms with Gasteiger partial charge in [0.15, 0.2) is 0 Å². The highest BCUT2D eigenvalue weighted by atomic mass is 35.5. The summed E-state index contributed by atoms with van der Waals surface area (Å²) >= 11 is 6.06. The molecular weight excluding hydrogens is 246 g/mol. The first-order valence-electron chi connectivity index (χ1n) is 7.42. The van der Waals surface area contributed by atoms with Crippen LogP contribution in [0.5, 0.6) is 0 Å². The lowest BCUT2D eigenvalue weighted by Gasteiger charge is -2.30. The van der Waals surface area contributed by atoms with Gasteiger partial charge in [-0.05, 0) is 25.7 Å². The van der Waals surface area contributed by atoms with Crippen molar-refractivity contribution in [3.8, 4) is 0 Å². The van der Waals surface area contributed by atoms with E-state index in [1.54, 1.807) is 0 Å². The molecule has 0 aliphatic heterocycles. The average molecular weight is 276 g/mol. The third-order valence-electron chi connectivity index (χ3n) is 4.07. The zero-order chi connectivity index (χ0) is 14.0. The molecule has 0 unspecified atom stereocenters. The quantitative estimate of drug-likeness (QED) is 0.590. The largest absolute Gasteiger partial charge is 0.355 e. The standard InChI is InChI=1S/C15H30ClNO/c1-5-9-13(10-6-2)14(18)17-12-15(7-3,8-4)11-16/h13H,5-12H2,1-4H3,(H,17,18). The predicted molar refractivity (Wildman–Crippen MR) is 80.1 cm³/mol. The summed E-state index contributed by atoms with van der Waals surface area (Å²) in [5, 5.41) is 3.12. The van der Waals surface area contributed by atoms with Crippen molar-refractivity contribution in [1.82, 2.24) is 5.32 Å². The van der Waals surface area contributed by atoms with Crippen LogP contribution in [0.3, 0.4) is 0 Å². The van der Waals surface area contributed by atoms with E-state index in [1.807, 2.05) is 0 Å². The van der Waals surface area contributed by atoms with Crippen LogP contribution in [0.2, 0.25) is 0 Å². The Morgan fingerprint density at radius 1 is 1.11 bits per heavy atom. The number of rotatable bonds is 10. The molecule has 0 radical (unpaired) electrons. The number of hydrogen-bond acceptors (Lipinski definition) is 1. The lowest BCUT2D eigenvalue weighted by Crippen LogP contribution is -2.40. The van der Waals surface area contributed by atoms with E-state index in [0.717, 1.165) is 38.5 Å². The molecule has 0 fully saturated rings. The minimum absolute atomic E-state index is 0.0696. The molecule has 0 heterocycles. The maximum atomic E-state index is 12.2. The fourth-order valence-corrected chi connectivity index (χ4v) is 2.73. The molecular formula is C15H30ClNO. The third kappa shape index (κ3) is 5.60. The molecule has 0 rings (SSSR count). The summed E-state index contributed by atoms with van der Waals surface area (Å²) < 4.78 is 0. The van der Waals surface area contributed by atoms with E-state index in [0.29, 0.717) is 12.4 Å². The Hall–Kier alpha value is -0.240. The summed E-state index contributed by atoms with van der Waals surface area (Å²) in [7, 11) is 0. The molecule has 0 aliphatic carbocycles. The van der Waals surface area contributed by atoms with Gasteiger partial charge in [-0.2, -0.15) is 0 Å². The highest BCUT2D eigenvalue weighted by Crippen LogP contribution is 2.27. The van der Waals surface area contributed by atoms with Crippen molar-refractivity contribution in [2.24, 2.45) is 11.3 Å². The molecule has 0 saturated carbocycles. The number of hydrogen-bond donors (Lipinski definition) is 1. The normalized spacial score (nSPS) is 11.9. The highest BCUT2D eigenvalue weighted by Gasteiger charge is 2.27. The monoisotopic (exact) mass is 275 g/mol. The Morgan fingerprint density at radius 2 is 1.61 bits per heavy atom. The molecule has 2 nitrogen and oxygen atoms in total. The van der Waals surface area contributed by atoms with Crippen molar-refractivity contribution in [3.63, 3.8) is 0 Å². The molecule has 0 atom stereocenters. The lowest BCUT2D eigenvalue weighted by atomic mass is 9.84. The second-order valence-corrected chi connectivity index (χ2v) is 5.60. The van der Waals surface area contributed by atoms with Crippen molar-refractivity contribution in [3.05, 3.63) is 0 Å². The van der Waals surface area contributed by atoms with Gasteiger partial charge in [-0.15, -0.1) is 11.6 Å². The van der Waals surface area contributed by atoms with E-state index in [2.05, 4.69) is 33.0 Å². The number of halogens is 1. The number of amides is 1. The minimum atomic E-state index is 0.0696. The summed E-state index contributed by atoms with van der Waals surface area (Å²) in [5.41, 5.74) is 0.0696. The van der Waals surface area contributed by atoms with E-state index < -0.39 is 0 Å². The van der Waals surface area contributed by atoms with Gasteiger partial charge in [-0.3, -0.25) is 4.79 Å². The van der Waals surface area contributed by atoms with Gasteiger partial charge in [0.2, 0.25) is 5.91 Å². The summed E-state index contributed by atoms with van der Waals surface area (Å²) in [6, 6.07) is 0. The van der Waals surface area contributed by atoms with Gasteiger partial charge in [-0.1, -0.05) is 40.5 Å². The molecule has 108 valence electrons. The highest BCUT2D eigenvalue weighted by molar-refractivity contribution is 6.18. The van der Waals surface area contributed by atoms with E-state index in [9.17, 15) is 4.79 Å². The molecule has 0 aliphatic rings. The van der Waals surface area contributed by atoms with E-state index >= 15 is 0 Å². The molecule has 0 spiro atoms. The minimum Gasteiger partial charge on any atom is -0.355 e. The lowest BCUT2D eigenvalue weighted by molar-refractivity contribution is -0.126. The van der Waals surface area contributed by atoms with Crippen LogP contribution in [0.25, 0.3) is 0 Å². The zero-order valence-corrected chi connectivity index (χ0v) is 13.3. The van der Waals surface area contributed by atoms with Crippen molar-refractivity contribution >= 4 is 17.5 Å². The fraction of sp³-hybridized carbons (Fsp3) is 0.933. The summed E-state index contributed by atoms with van der Waals surface area (Å²) in [4.78, 5) is 12.2. The maximum absolute atomic E-state index is 12.2. The van der Waals surface area contributed by atoms with E-state index in [1.165, 1.54) is 0 Å². The fourth-order valence-electron chi connectivity index (χ4n) is 2.26. The zero-order valence-electron chi connectivity index (χ0n) is 12.5. The average Bonchev–Trinajstić information content (AvgIpc) is 2.40. The van der Waals surface area contributed by atoms with Crippen molar-refractivity contribution < 1.29 is 4.79 Å². The maximum Gasteiger partial charge on any atom is 0.223 e. The number of nitrogens with one attached hydrogen (secondary N) is 1. The molecule has 18 heavy (non-hydrogen) atoms. The van der Waals surface area contributed by atoms with Gasteiger partial charge in [0.1, 0.15) is 0 Å². The Balaban J connectivity index is 4.35. The SMILES string of the molecule is CCCC(CCC)C(=O)NCC(CC)(CC)CCl. The Labute approximate surface area is 118 Å². The molecule has 0 bridgehead atoms. The van der Waals surface area contributed by atoms with Crippen LogP contribution in [0.1, 0.15) is 66.2 Å². The van der Waals surface area contributed by atoms with Crippen LogP contribution in [0, 0.1) is 11.3 Å². The number of carbonyl (C=O) groups is 1. The summed E-state index contributed by atoms with van der Waals surface area (Å²) in [6.07, 6.45) is 6.15. The van der Waals surface area contributed by atoms with Gasteiger partial charge >= 0.3 is 0 Å². The molecule has 1 N–H and O–H groups in total. The van der Waals surface area contributed by atoms with Crippen LogP contribution in [-0.2, 0) is 4.79 Å². The molecule has 0 aromatic carbocycles. The number of carbonyl (C=O) groups excluding carboxylic acids is 1. The van der Waals surface area contributed by atoms with Gasteiger partial charge in [0, 0.05) is 23.8 Å². The number of alkyl halides is 1. The second kappa shape index (κ2) is 9.66. The summed E-state index contributed by atoms with van der Waals surface area (Å²) in [5.74, 6) is 1.02. The molecule has 0 aromatic rings. The van der Waals surface area contributed by atoms with Gasteiger partial charge in [0.25, 0.3) is 0 Å². The molecule has 1 amide bonds. The topological polar surface area (TPSA) is 29.1 Å².